The van der Waals surface area contributed by atoms with Gasteiger partial charge in [0.1, 0.15) is 48.8 Å². The topological polar surface area (TPSA) is 102 Å². The highest BCUT2D eigenvalue weighted by Crippen LogP contribution is 2.37. The van der Waals surface area contributed by atoms with E-state index in [-0.39, 0.29) is 46.2 Å². The number of ether oxygens (including phenoxy) is 11. The Balaban J connectivity index is 1.11. The van der Waals surface area contributed by atoms with Crippen LogP contribution in [-0.2, 0) is 98.4 Å². The Bertz CT molecular complexity index is 2720. The van der Waals surface area contributed by atoms with Crippen molar-refractivity contribution in [3.8, 4) is 0 Å². The molecule has 7 aromatic carbocycles. The van der Waals surface area contributed by atoms with Gasteiger partial charge < -0.3 is 52.1 Å². The summed E-state index contributed by atoms with van der Waals surface area (Å²) in [6.45, 7) is 6.66. The molecule has 0 amide bonds. The maximum absolute atomic E-state index is 7.40. The van der Waals surface area contributed by atoms with Crippen molar-refractivity contribution in [2.75, 3.05) is 19.8 Å². The predicted molar refractivity (Wildman–Crippen MR) is 295 cm³/mol. The molecule has 2 fully saturated rings. The van der Waals surface area contributed by atoms with Gasteiger partial charge in [-0.05, 0) is 52.8 Å². The standard InChI is InChI=1S/C66H72O11/c1-49(2)38-39-69-59-57(47-67-40-50-24-10-3-11-25-50)75-65(63(73-45-55-34-20-8-21-35-55)61(59)71-43-53-30-16-6-17-31-53)77-66-64(74-46-56-36-22-9-23-37-56)62(72-44-54-32-18-7-19-33-54)60(70-42-52-28-14-5-15-29-52)58(76-66)48-68-41-51-26-12-4-13-27-51/h3-38,57-66H,39-48H2,1-2H3/t57?,58?,59-,60-,61?,62?,63?,64?,65-,66-/m1/s1. The summed E-state index contributed by atoms with van der Waals surface area (Å²) in [6, 6.07) is 70.5. The normalized spacial score (nSPS) is 23.3. The quantitative estimate of drug-likeness (QED) is 0.0438. The van der Waals surface area contributed by atoms with E-state index in [9.17, 15) is 0 Å². The molecule has 11 nitrogen and oxygen atoms in total. The predicted octanol–water partition coefficient (Wildman–Crippen LogP) is 12.2. The van der Waals surface area contributed by atoms with Gasteiger partial charge in [-0.2, -0.15) is 0 Å². The minimum atomic E-state index is -1.13. The summed E-state index contributed by atoms with van der Waals surface area (Å²) in [5, 5.41) is 0. The highest BCUT2D eigenvalue weighted by Gasteiger charge is 2.54. The average molecular weight is 1040 g/mol. The molecule has 402 valence electrons. The SMILES string of the molecule is CC(C)=CCO[C@@H]1C(COCc2ccccc2)O[C@H](O[C@H]2OC(COCc3ccccc3)[C@@H](OCc3ccccc3)C(OCc3ccccc3)C2OCc2ccccc2)C(OCc2ccccc2)C1OCc1ccccc1. The van der Waals surface area contributed by atoms with Crippen LogP contribution in [0, 0.1) is 0 Å². The number of allylic oxidation sites excluding steroid dienone is 1. The molecule has 6 unspecified atom stereocenters. The molecule has 0 aliphatic carbocycles. The first-order chi connectivity index (χ1) is 38.0. The van der Waals surface area contributed by atoms with E-state index in [1.54, 1.807) is 0 Å². The molecule has 2 saturated heterocycles. The molecule has 2 heterocycles. The van der Waals surface area contributed by atoms with Gasteiger partial charge in [-0.25, -0.2) is 0 Å². The van der Waals surface area contributed by atoms with Crippen molar-refractivity contribution in [1.29, 1.82) is 0 Å². The molecule has 0 saturated carbocycles. The van der Waals surface area contributed by atoms with Gasteiger partial charge in [0.2, 0.25) is 0 Å². The maximum Gasteiger partial charge on any atom is 0.190 e. The van der Waals surface area contributed by atoms with Gasteiger partial charge in [0.15, 0.2) is 12.6 Å². The van der Waals surface area contributed by atoms with Gasteiger partial charge >= 0.3 is 0 Å². The van der Waals surface area contributed by atoms with Crippen molar-refractivity contribution in [3.63, 3.8) is 0 Å². The van der Waals surface area contributed by atoms with Crippen LogP contribution < -0.4 is 0 Å². The molecule has 0 aromatic heterocycles. The lowest BCUT2D eigenvalue weighted by Gasteiger charge is -2.49. The number of benzene rings is 7. The third-order valence-electron chi connectivity index (χ3n) is 13.4. The van der Waals surface area contributed by atoms with Crippen molar-refractivity contribution in [2.24, 2.45) is 0 Å². The smallest absolute Gasteiger partial charge is 0.190 e. The number of rotatable bonds is 28. The Hall–Kier alpha value is -6.16. The summed E-state index contributed by atoms with van der Waals surface area (Å²) in [4.78, 5) is 0. The van der Waals surface area contributed by atoms with Crippen LogP contribution in [0.15, 0.2) is 224 Å². The Morgan fingerprint density at radius 2 is 0.584 bits per heavy atom. The lowest BCUT2D eigenvalue weighted by Crippen LogP contribution is -2.66. The van der Waals surface area contributed by atoms with Crippen molar-refractivity contribution in [3.05, 3.63) is 263 Å². The van der Waals surface area contributed by atoms with E-state index in [2.05, 4.69) is 19.9 Å². The van der Waals surface area contributed by atoms with Crippen molar-refractivity contribution in [2.45, 2.75) is 122 Å². The Morgan fingerprint density at radius 3 is 0.883 bits per heavy atom. The Labute approximate surface area is 454 Å². The maximum atomic E-state index is 7.40. The first kappa shape index (κ1) is 55.6. The monoisotopic (exact) mass is 1040 g/mol. The molecular formula is C66H72O11. The van der Waals surface area contributed by atoms with Gasteiger partial charge in [-0.3, -0.25) is 0 Å². The van der Waals surface area contributed by atoms with Crippen LogP contribution in [0.25, 0.3) is 0 Å². The lowest BCUT2D eigenvalue weighted by molar-refractivity contribution is -0.394. The van der Waals surface area contributed by atoms with Crippen molar-refractivity contribution < 1.29 is 52.1 Å². The molecule has 2 aliphatic heterocycles. The zero-order valence-corrected chi connectivity index (χ0v) is 44.1. The zero-order chi connectivity index (χ0) is 52.7. The van der Waals surface area contributed by atoms with E-state index in [4.69, 9.17) is 52.1 Å². The van der Waals surface area contributed by atoms with Gasteiger partial charge in [0.05, 0.1) is 66.1 Å². The number of hydrogen-bond donors (Lipinski definition) is 0. The summed E-state index contributed by atoms with van der Waals surface area (Å²) < 4.78 is 77.1. The van der Waals surface area contributed by atoms with Gasteiger partial charge in [0.25, 0.3) is 0 Å². The van der Waals surface area contributed by atoms with E-state index in [0.717, 1.165) is 44.5 Å². The van der Waals surface area contributed by atoms with Gasteiger partial charge in [-0.1, -0.05) is 224 Å². The second-order valence-corrected chi connectivity index (χ2v) is 19.6. The molecule has 10 atom stereocenters. The summed E-state index contributed by atoms with van der Waals surface area (Å²) in [7, 11) is 0. The molecule has 77 heavy (non-hydrogen) atoms. The fourth-order valence-electron chi connectivity index (χ4n) is 9.40. The molecule has 0 spiro atoms. The fourth-order valence-corrected chi connectivity index (χ4v) is 9.40. The molecule has 0 radical (unpaired) electrons. The first-order valence-electron chi connectivity index (χ1n) is 26.7. The molecule has 0 N–H and O–H groups in total. The lowest BCUT2D eigenvalue weighted by atomic mass is 9.96. The zero-order valence-electron chi connectivity index (χ0n) is 44.1. The molecule has 9 rings (SSSR count). The molecule has 2 aliphatic rings. The third-order valence-corrected chi connectivity index (χ3v) is 13.4. The first-order valence-corrected chi connectivity index (χ1v) is 26.7. The third kappa shape index (κ3) is 17.2. The number of hydrogen-bond acceptors (Lipinski definition) is 11. The van der Waals surface area contributed by atoms with Gasteiger partial charge in [0, 0.05) is 0 Å². The van der Waals surface area contributed by atoms with Gasteiger partial charge in [-0.15, -0.1) is 0 Å². The average Bonchev–Trinajstić information content (AvgIpc) is 3.48. The second-order valence-electron chi connectivity index (χ2n) is 19.6. The van der Waals surface area contributed by atoms with Crippen LogP contribution in [0.3, 0.4) is 0 Å². The van der Waals surface area contributed by atoms with Crippen LogP contribution >= 0.6 is 0 Å². The van der Waals surface area contributed by atoms with E-state index in [1.165, 1.54) is 0 Å². The summed E-state index contributed by atoms with van der Waals surface area (Å²) in [5.74, 6) is 0. The molecule has 7 aromatic rings. The van der Waals surface area contributed by atoms with Crippen LogP contribution in [0.2, 0.25) is 0 Å². The van der Waals surface area contributed by atoms with Crippen molar-refractivity contribution in [1.82, 2.24) is 0 Å². The summed E-state index contributed by atoms with van der Waals surface area (Å²) >= 11 is 0. The van der Waals surface area contributed by atoms with E-state index in [0.29, 0.717) is 19.8 Å². The van der Waals surface area contributed by atoms with Crippen LogP contribution in [0.5, 0.6) is 0 Å². The van der Waals surface area contributed by atoms with E-state index >= 15 is 0 Å². The van der Waals surface area contributed by atoms with Crippen LogP contribution in [0.4, 0.5) is 0 Å². The van der Waals surface area contributed by atoms with E-state index in [1.807, 2.05) is 212 Å². The van der Waals surface area contributed by atoms with E-state index < -0.39 is 61.4 Å². The van der Waals surface area contributed by atoms with Crippen molar-refractivity contribution >= 4 is 0 Å². The molecule has 0 bridgehead atoms. The Kier molecular flexibility index (Phi) is 21.7. The Morgan fingerprint density at radius 1 is 0.325 bits per heavy atom. The minimum Gasteiger partial charge on any atom is -0.374 e. The fraction of sp³-hybridized carbons (Fsp3) is 0.333. The van der Waals surface area contributed by atoms with Crippen LogP contribution in [-0.4, -0.2) is 81.2 Å². The summed E-state index contributed by atoms with van der Waals surface area (Å²) in [6.07, 6.45) is -6.22. The highest BCUT2D eigenvalue weighted by atomic mass is 16.8. The largest absolute Gasteiger partial charge is 0.374 e. The summed E-state index contributed by atoms with van der Waals surface area (Å²) in [5.41, 5.74) is 8.06. The second kappa shape index (κ2) is 30.1. The molecular weight excluding hydrogens is 969 g/mol. The highest BCUT2D eigenvalue weighted by molar-refractivity contribution is 5.19. The van der Waals surface area contributed by atoms with Crippen LogP contribution in [0.1, 0.15) is 52.8 Å². The molecule has 11 heteroatoms. The minimum absolute atomic E-state index is 0.142.